The highest BCUT2D eigenvalue weighted by molar-refractivity contribution is 5.77. The molecule has 26 heavy (non-hydrogen) atoms. The summed E-state index contributed by atoms with van der Waals surface area (Å²) in [4.78, 5) is 12.2. The number of rotatable bonds is 9. The Kier molecular flexibility index (Phi) is 5.61. The van der Waals surface area contributed by atoms with Crippen LogP contribution >= 0.6 is 0 Å². The Hall–Kier alpha value is -2.75. The molecule has 0 saturated heterocycles. The van der Waals surface area contributed by atoms with Crippen molar-refractivity contribution < 1.29 is 14.3 Å². The molecule has 0 spiro atoms. The summed E-state index contributed by atoms with van der Waals surface area (Å²) in [5.41, 5.74) is 2.48. The zero-order chi connectivity index (χ0) is 18.4. The van der Waals surface area contributed by atoms with Gasteiger partial charge in [-0.15, -0.1) is 6.58 Å². The second-order valence-corrected chi connectivity index (χ2v) is 6.69. The molecule has 1 aliphatic rings. The van der Waals surface area contributed by atoms with Gasteiger partial charge in [0.15, 0.2) is 18.1 Å². The highest BCUT2D eigenvalue weighted by atomic mass is 16.5. The lowest BCUT2D eigenvalue weighted by atomic mass is 9.96. The van der Waals surface area contributed by atoms with Crippen molar-refractivity contribution in [3.8, 4) is 11.5 Å². The van der Waals surface area contributed by atoms with Crippen molar-refractivity contribution in [2.45, 2.75) is 24.7 Å². The number of carbonyl (C=O) groups excluding carboxylic acids is 1. The van der Waals surface area contributed by atoms with E-state index in [1.807, 2.05) is 42.5 Å². The normalized spacial score (nSPS) is 14.3. The van der Waals surface area contributed by atoms with Crippen molar-refractivity contribution in [1.29, 1.82) is 0 Å². The highest BCUT2D eigenvalue weighted by Gasteiger charge is 2.44. The van der Waals surface area contributed by atoms with Crippen LogP contribution in [0.5, 0.6) is 11.5 Å². The van der Waals surface area contributed by atoms with Gasteiger partial charge in [0.1, 0.15) is 0 Å². The lowest BCUT2D eigenvalue weighted by molar-refractivity contribution is -0.123. The fraction of sp³-hybridized carbons (Fsp3) is 0.318. The molecule has 2 aromatic carbocycles. The molecule has 4 heteroatoms. The Morgan fingerprint density at radius 3 is 2.62 bits per heavy atom. The molecule has 1 N–H and O–H groups in total. The lowest BCUT2D eigenvalue weighted by Gasteiger charge is -2.17. The number of benzene rings is 2. The van der Waals surface area contributed by atoms with E-state index in [9.17, 15) is 4.79 Å². The van der Waals surface area contributed by atoms with Gasteiger partial charge in [-0.2, -0.15) is 0 Å². The molecule has 0 radical (unpaired) electrons. The van der Waals surface area contributed by atoms with E-state index in [0.29, 0.717) is 18.0 Å². The summed E-state index contributed by atoms with van der Waals surface area (Å²) in [5, 5.41) is 3.01. The first-order valence-electron chi connectivity index (χ1n) is 8.90. The van der Waals surface area contributed by atoms with Gasteiger partial charge in [-0.3, -0.25) is 4.79 Å². The summed E-state index contributed by atoms with van der Waals surface area (Å²) in [6, 6.07) is 16.1. The van der Waals surface area contributed by atoms with Crippen LogP contribution in [0.4, 0.5) is 0 Å². The van der Waals surface area contributed by atoms with Crippen molar-refractivity contribution in [1.82, 2.24) is 5.32 Å². The van der Waals surface area contributed by atoms with Crippen molar-refractivity contribution in [3.05, 3.63) is 72.3 Å². The number of allylic oxidation sites excluding steroid dienone is 1. The highest BCUT2D eigenvalue weighted by Crippen LogP contribution is 2.47. The molecule has 0 atom stereocenters. The zero-order valence-electron chi connectivity index (χ0n) is 15.2. The maximum absolute atomic E-state index is 12.2. The van der Waals surface area contributed by atoms with Gasteiger partial charge in [0.05, 0.1) is 7.11 Å². The Labute approximate surface area is 154 Å². The molecular formula is C22H25NO3. The van der Waals surface area contributed by atoms with E-state index in [-0.39, 0.29) is 17.9 Å². The SMILES string of the molecule is C=CCc1ccc(OCC(=O)NCC2(c3ccccc3)CC2)c(OC)c1. The van der Waals surface area contributed by atoms with Crippen LogP contribution in [-0.4, -0.2) is 26.2 Å². The third-order valence-electron chi connectivity index (χ3n) is 4.83. The van der Waals surface area contributed by atoms with Crippen LogP contribution in [0.3, 0.4) is 0 Å². The predicted molar refractivity (Wildman–Crippen MR) is 103 cm³/mol. The molecule has 0 heterocycles. The first kappa shape index (κ1) is 18.1. The van der Waals surface area contributed by atoms with Gasteiger partial charge >= 0.3 is 0 Å². The number of amides is 1. The Balaban J connectivity index is 1.52. The maximum atomic E-state index is 12.2. The van der Waals surface area contributed by atoms with Crippen LogP contribution in [0.1, 0.15) is 24.0 Å². The molecular weight excluding hydrogens is 326 g/mol. The summed E-state index contributed by atoms with van der Waals surface area (Å²) < 4.78 is 11.0. The smallest absolute Gasteiger partial charge is 0.257 e. The minimum Gasteiger partial charge on any atom is -0.493 e. The average Bonchev–Trinajstić information content (AvgIpc) is 3.47. The van der Waals surface area contributed by atoms with Crippen molar-refractivity contribution >= 4 is 5.91 Å². The van der Waals surface area contributed by atoms with E-state index in [0.717, 1.165) is 24.8 Å². The second kappa shape index (κ2) is 8.09. The summed E-state index contributed by atoms with van der Waals surface area (Å²) in [5.74, 6) is 1.07. The topological polar surface area (TPSA) is 47.6 Å². The average molecular weight is 351 g/mol. The molecule has 4 nitrogen and oxygen atoms in total. The molecule has 1 saturated carbocycles. The number of hydrogen-bond donors (Lipinski definition) is 1. The zero-order valence-corrected chi connectivity index (χ0v) is 15.2. The van der Waals surface area contributed by atoms with Crippen molar-refractivity contribution in [2.75, 3.05) is 20.3 Å². The van der Waals surface area contributed by atoms with Gasteiger partial charge in [0.2, 0.25) is 0 Å². The van der Waals surface area contributed by atoms with Gasteiger partial charge in [0, 0.05) is 12.0 Å². The van der Waals surface area contributed by atoms with Crippen LogP contribution < -0.4 is 14.8 Å². The van der Waals surface area contributed by atoms with E-state index in [1.54, 1.807) is 7.11 Å². The van der Waals surface area contributed by atoms with Crippen LogP contribution in [0.25, 0.3) is 0 Å². The first-order valence-corrected chi connectivity index (χ1v) is 8.90. The summed E-state index contributed by atoms with van der Waals surface area (Å²) in [7, 11) is 1.59. The molecule has 136 valence electrons. The molecule has 3 rings (SSSR count). The Morgan fingerprint density at radius 2 is 1.96 bits per heavy atom. The van der Waals surface area contributed by atoms with Gasteiger partial charge in [0.25, 0.3) is 5.91 Å². The minimum atomic E-state index is -0.121. The molecule has 0 aliphatic heterocycles. The third-order valence-corrected chi connectivity index (χ3v) is 4.83. The van der Waals surface area contributed by atoms with Crippen LogP contribution in [0, 0.1) is 0 Å². The van der Waals surface area contributed by atoms with Crippen molar-refractivity contribution in [2.24, 2.45) is 0 Å². The van der Waals surface area contributed by atoms with E-state index in [2.05, 4.69) is 24.0 Å². The molecule has 0 unspecified atom stereocenters. The number of methoxy groups -OCH3 is 1. The first-order chi connectivity index (χ1) is 12.7. The van der Waals surface area contributed by atoms with Gasteiger partial charge in [-0.25, -0.2) is 0 Å². The van der Waals surface area contributed by atoms with Gasteiger partial charge < -0.3 is 14.8 Å². The summed E-state index contributed by atoms with van der Waals surface area (Å²) in [6.07, 6.45) is 4.81. The minimum absolute atomic E-state index is 0.0258. The van der Waals surface area contributed by atoms with Gasteiger partial charge in [-0.1, -0.05) is 42.5 Å². The summed E-state index contributed by atoms with van der Waals surface area (Å²) in [6.45, 7) is 4.36. The van der Waals surface area contributed by atoms with E-state index < -0.39 is 0 Å². The standard InChI is InChI=1S/C22H25NO3/c1-3-7-17-10-11-19(20(14-17)25-2)26-15-21(24)23-16-22(12-13-22)18-8-5-4-6-9-18/h3-6,8-11,14H,1,7,12-13,15-16H2,2H3,(H,23,24). The quantitative estimate of drug-likeness (QED) is 0.702. The monoisotopic (exact) mass is 351 g/mol. The van der Waals surface area contributed by atoms with Crippen LogP contribution in [0.2, 0.25) is 0 Å². The Bertz CT molecular complexity index is 766. The number of hydrogen-bond acceptors (Lipinski definition) is 3. The van der Waals surface area contributed by atoms with Crippen LogP contribution in [-0.2, 0) is 16.6 Å². The number of nitrogens with one attached hydrogen (secondary N) is 1. The Morgan fingerprint density at radius 1 is 1.19 bits per heavy atom. The molecule has 1 aliphatic carbocycles. The second-order valence-electron chi connectivity index (χ2n) is 6.69. The number of ether oxygens (including phenoxy) is 2. The maximum Gasteiger partial charge on any atom is 0.257 e. The largest absolute Gasteiger partial charge is 0.493 e. The van der Waals surface area contributed by atoms with Gasteiger partial charge in [-0.05, 0) is 42.5 Å². The molecule has 2 aromatic rings. The molecule has 0 aromatic heterocycles. The fourth-order valence-electron chi connectivity index (χ4n) is 3.10. The molecule has 1 fully saturated rings. The van der Waals surface area contributed by atoms with E-state index >= 15 is 0 Å². The third kappa shape index (κ3) is 4.26. The van der Waals surface area contributed by atoms with Crippen LogP contribution in [0.15, 0.2) is 61.2 Å². The molecule has 1 amide bonds. The van der Waals surface area contributed by atoms with Crippen molar-refractivity contribution in [3.63, 3.8) is 0 Å². The fourth-order valence-corrected chi connectivity index (χ4v) is 3.10. The van der Waals surface area contributed by atoms with E-state index in [1.165, 1.54) is 5.56 Å². The lowest BCUT2D eigenvalue weighted by Crippen LogP contribution is -2.35. The van der Waals surface area contributed by atoms with E-state index in [4.69, 9.17) is 9.47 Å². The molecule has 0 bridgehead atoms. The number of carbonyl (C=O) groups is 1. The summed E-state index contributed by atoms with van der Waals surface area (Å²) >= 11 is 0. The predicted octanol–water partition coefficient (Wildman–Crippen LogP) is 3.65.